The van der Waals surface area contributed by atoms with Crippen LogP contribution in [-0.2, 0) is 6.54 Å². The molecule has 0 saturated heterocycles. The number of nitrogens with zero attached hydrogens (tertiary/aromatic N) is 1. The zero-order valence-corrected chi connectivity index (χ0v) is 8.70. The molecule has 0 amide bonds. The summed E-state index contributed by atoms with van der Waals surface area (Å²) in [6.07, 6.45) is 0. The van der Waals surface area contributed by atoms with Crippen LogP contribution in [0, 0.1) is 5.41 Å². The Bertz CT molecular complexity index is 295. The Morgan fingerprint density at radius 3 is 2.50 bits per heavy atom. The van der Waals surface area contributed by atoms with Crippen LogP contribution in [0.1, 0.15) is 12.5 Å². The van der Waals surface area contributed by atoms with Gasteiger partial charge in [-0.25, -0.2) is 0 Å². The maximum Gasteiger partial charge on any atom is 0.108 e. The highest BCUT2D eigenvalue weighted by Gasteiger charge is 2.11. The molecule has 0 fully saturated rings. The lowest BCUT2D eigenvalue weighted by Gasteiger charge is -2.23. The molecule has 1 aromatic carbocycles. The van der Waals surface area contributed by atoms with Crippen molar-refractivity contribution in [2.75, 3.05) is 7.05 Å². The molecule has 1 unspecified atom stereocenters. The lowest BCUT2D eigenvalue weighted by atomic mass is 10.2. The van der Waals surface area contributed by atoms with Crippen molar-refractivity contribution in [2.24, 2.45) is 5.73 Å². The normalized spacial score (nSPS) is 12.8. The fourth-order valence-electron chi connectivity index (χ4n) is 1.25. The van der Waals surface area contributed by atoms with Gasteiger partial charge in [-0.15, -0.1) is 0 Å². The molecule has 1 atom stereocenters. The monoisotopic (exact) mass is 191 g/mol. The van der Waals surface area contributed by atoms with Gasteiger partial charge in [0.15, 0.2) is 0 Å². The molecule has 3 nitrogen and oxygen atoms in total. The van der Waals surface area contributed by atoms with E-state index in [1.165, 1.54) is 5.56 Å². The highest BCUT2D eigenvalue weighted by Crippen LogP contribution is 2.05. The molecular formula is C11H17N3. The summed E-state index contributed by atoms with van der Waals surface area (Å²) in [6.45, 7) is 2.76. The third-order valence-electron chi connectivity index (χ3n) is 2.39. The van der Waals surface area contributed by atoms with Crippen LogP contribution in [0.4, 0.5) is 0 Å². The fraction of sp³-hybridized carbons (Fsp3) is 0.364. The Labute approximate surface area is 85.0 Å². The summed E-state index contributed by atoms with van der Waals surface area (Å²) in [6, 6.07) is 10.2. The van der Waals surface area contributed by atoms with E-state index in [2.05, 4.69) is 17.0 Å². The highest BCUT2D eigenvalue weighted by atomic mass is 15.1. The lowest BCUT2D eigenvalue weighted by Crippen LogP contribution is -2.39. The molecule has 0 radical (unpaired) electrons. The van der Waals surface area contributed by atoms with Crippen LogP contribution in [0.5, 0.6) is 0 Å². The Hall–Kier alpha value is -1.35. The quantitative estimate of drug-likeness (QED) is 0.559. The Balaban J connectivity index is 2.57. The first kappa shape index (κ1) is 10.7. The van der Waals surface area contributed by atoms with Crippen molar-refractivity contribution < 1.29 is 0 Å². The Morgan fingerprint density at radius 2 is 2.00 bits per heavy atom. The predicted molar refractivity (Wildman–Crippen MR) is 59.3 cm³/mol. The van der Waals surface area contributed by atoms with E-state index < -0.39 is 0 Å². The van der Waals surface area contributed by atoms with Crippen LogP contribution in [0.25, 0.3) is 0 Å². The van der Waals surface area contributed by atoms with Crippen molar-refractivity contribution in [1.82, 2.24) is 4.90 Å². The van der Waals surface area contributed by atoms with E-state index >= 15 is 0 Å². The van der Waals surface area contributed by atoms with Gasteiger partial charge in [-0.05, 0) is 19.5 Å². The van der Waals surface area contributed by atoms with Gasteiger partial charge in [-0.2, -0.15) is 0 Å². The minimum absolute atomic E-state index is 0.00444. The van der Waals surface area contributed by atoms with Crippen molar-refractivity contribution in [3.8, 4) is 0 Å². The summed E-state index contributed by atoms with van der Waals surface area (Å²) in [7, 11) is 1.97. The van der Waals surface area contributed by atoms with Gasteiger partial charge in [0.25, 0.3) is 0 Å². The Kier molecular flexibility index (Phi) is 3.65. The van der Waals surface area contributed by atoms with Crippen LogP contribution in [0.15, 0.2) is 30.3 Å². The summed E-state index contributed by atoms with van der Waals surface area (Å²) in [5.41, 5.74) is 6.67. The fourth-order valence-corrected chi connectivity index (χ4v) is 1.25. The van der Waals surface area contributed by atoms with E-state index in [1.54, 1.807) is 0 Å². The van der Waals surface area contributed by atoms with Crippen molar-refractivity contribution in [3.05, 3.63) is 35.9 Å². The van der Waals surface area contributed by atoms with E-state index in [4.69, 9.17) is 11.1 Å². The second-order valence-corrected chi connectivity index (χ2v) is 3.53. The van der Waals surface area contributed by atoms with Gasteiger partial charge in [0.2, 0.25) is 0 Å². The van der Waals surface area contributed by atoms with Gasteiger partial charge in [0, 0.05) is 6.54 Å². The number of benzene rings is 1. The average molecular weight is 191 g/mol. The maximum absolute atomic E-state index is 7.33. The number of hydrogen-bond donors (Lipinski definition) is 2. The molecule has 14 heavy (non-hydrogen) atoms. The first-order chi connectivity index (χ1) is 6.61. The molecule has 0 aromatic heterocycles. The van der Waals surface area contributed by atoms with Crippen LogP contribution >= 0.6 is 0 Å². The molecule has 0 aliphatic heterocycles. The molecule has 76 valence electrons. The van der Waals surface area contributed by atoms with E-state index in [0.717, 1.165) is 6.54 Å². The number of amidine groups is 1. The van der Waals surface area contributed by atoms with Crippen molar-refractivity contribution in [3.63, 3.8) is 0 Å². The zero-order chi connectivity index (χ0) is 10.6. The molecule has 0 heterocycles. The first-order valence-corrected chi connectivity index (χ1v) is 4.69. The molecular weight excluding hydrogens is 174 g/mol. The van der Waals surface area contributed by atoms with Crippen LogP contribution < -0.4 is 5.73 Å². The number of likely N-dealkylation sites (N-methyl/N-ethyl adjacent to an activating group) is 1. The van der Waals surface area contributed by atoms with Crippen molar-refractivity contribution >= 4 is 5.84 Å². The molecule has 3 heteroatoms. The SMILES string of the molecule is CC(C(=N)N)N(C)Cc1ccccc1. The van der Waals surface area contributed by atoms with Gasteiger partial charge in [-0.1, -0.05) is 30.3 Å². The summed E-state index contributed by atoms with van der Waals surface area (Å²) in [4.78, 5) is 2.05. The predicted octanol–water partition coefficient (Wildman–Crippen LogP) is 1.44. The van der Waals surface area contributed by atoms with E-state index in [0.29, 0.717) is 0 Å². The van der Waals surface area contributed by atoms with E-state index in [-0.39, 0.29) is 11.9 Å². The second kappa shape index (κ2) is 4.77. The van der Waals surface area contributed by atoms with Gasteiger partial charge in [-0.3, -0.25) is 10.3 Å². The summed E-state index contributed by atoms with van der Waals surface area (Å²) in [5.74, 6) is 0.212. The lowest BCUT2D eigenvalue weighted by molar-refractivity contribution is 0.301. The standard InChI is InChI=1S/C11H17N3/c1-9(11(12)13)14(2)8-10-6-4-3-5-7-10/h3-7,9H,8H2,1-2H3,(H3,12,13). The molecule has 0 spiro atoms. The average Bonchev–Trinajstić information content (AvgIpc) is 2.18. The zero-order valence-electron chi connectivity index (χ0n) is 8.70. The minimum atomic E-state index is -0.00444. The molecule has 0 saturated carbocycles. The van der Waals surface area contributed by atoms with Gasteiger partial charge in [0.05, 0.1) is 6.04 Å². The van der Waals surface area contributed by atoms with Crippen LogP contribution in [0.3, 0.4) is 0 Å². The molecule has 3 N–H and O–H groups in total. The number of nitrogens with one attached hydrogen (secondary N) is 1. The Morgan fingerprint density at radius 1 is 1.43 bits per heavy atom. The van der Waals surface area contributed by atoms with Crippen LogP contribution in [-0.4, -0.2) is 23.8 Å². The molecule has 1 aromatic rings. The van der Waals surface area contributed by atoms with Gasteiger partial charge in [0.1, 0.15) is 5.84 Å². The largest absolute Gasteiger partial charge is 0.386 e. The summed E-state index contributed by atoms with van der Waals surface area (Å²) in [5, 5.41) is 7.33. The number of rotatable bonds is 4. The van der Waals surface area contributed by atoms with Gasteiger partial charge >= 0.3 is 0 Å². The number of hydrogen-bond acceptors (Lipinski definition) is 2. The van der Waals surface area contributed by atoms with Crippen molar-refractivity contribution in [1.29, 1.82) is 5.41 Å². The summed E-state index contributed by atoms with van der Waals surface area (Å²) >= 11 is 0. The number of nitrogens with two attached hydrogens (primary N) is 1. The first-order valence-electron chi connectivity index (χ1n) is 4.69. The smallest absolute Gasteiger partial charge is 0.108 e. The topological polar surface area (TPSA) is 53.1 Å². The maximum atomic E-state index is 7.33. The second-order valence-electron chi connectivity index (χ2n) is 3.53. The van der Waals surface area contributed by atoms with E-state index in [9.17, 15) is 0 Å². The van der Waals surface area contributed by atoms with E-state index in [1.807, 2.05) is 32.2 Å². The van der Waals surface area contributed by atoms with Gasteiger partial charge < -0.3 is 5.73 Å². The third kappa shape index (κ3) is 2.85. The molecule has 0 aliphatic carbocycles. The van der Waals surface area contributed by atoms with Crippen LogP contribution in [0.2, 0.25) is 0 Å². The highest BCUT2D eigenvalue weighted by molar-refractivity contribution is 5.82. The minimum Gasteiger partial charge on any atom is -0.386 e. The third-order valence-corrected chi connectivity index (χ3v) is 2.39. The van der Waals surface area contributed by atoms with Crippen molar-refractivity contribution in [2.45, 2.75) is 19.5 Å². The summed E-state index contributed by atoms with van der Waals surface area (Å²) < 4.78 is 0. The molecule has 0 aliphatic rings. The molecule has 1 rings (SSSR count). The molecule has 0 bridgehead atoms.